The van der Waals surface area contributed by atoms with Gasteiger partial charge in [0.1, 0.15) is 6.33 Å². The quantitative estimate of drug-likeness (QED) is 0.770. The number of hydrogen-bond acceptors (Lipinski definition) is 6. The molecule has 1 N–H and O–H groups in total. The third-order valence-electron chi connectivity index (χ3n) is 4.33. The van der Waals surface area contributed by atoms with E-state index in [1.165, 1.54) is 4.90 Å². The third-order valence-corrected chi connectivity index (χ3v) is 4.33. The zero-order valence-corrected chi connectivity index (χ0v) is 13.0. The number of carbonyl (C=O) groups is 1. The van der Waals surface area contributed by atoms with Crippen LogP contribution < -0.4 is 4.90 Å². The summed E-state index contributed by atoms with van der Waals surface area (Å²) in [6.07, 6.45) is 4.12. The molecule has 3 aromatic heterocycles. The van der Waals surface area contributed by atoms with Crippen LogP contribution in [-0.2, 0) is 0 Å². The number of rotatable bonds is 3. The summed E-state index contributed by atoms with van der Waals surface area (Å²) in [5.74, 6) is 0.661. The van der Waals surface area contributed by atoms with E-state index in [1.807, 2.05) is 15.4 Å². The maximum atomic E-state index is 11.0. The Morgan fingerprint density at radius 3 is 3.00 bits per heavy atom. The monoisotopic (exact) mass is 325 g/mol. The van der Waals surface area contributed by atoms with Crippen molar-refractivity contribution in [1.82, 2.24) is 29.5 Å². The van der Waals surface area contributed by atoms with Crippen molar-refractivity contribution in [2.24, 2.45) is 0 Å². The van der Waals surface area contributed by atoms with Crippen molar-refractivity contribution < 1.29 is 9.90 Å². The van der Waals surface area contributed by atoms with E-state index in [0.29, 0.717) is 30.2 Å². The highest BCUT2D eigenvalue weighted by atomic mass is 16.4. The summed E-state index contributed by atoms with van der Waals surface area (Å²) < 4.78 is 1.84. The minimum atomic E-state index is -0.933. The molecule has 1 saturated heterocycles. The number of nitrogens with zero attached hydrogens (tertiary/aromatic N) is 7. The van der Waals surface area contributed by atoms with E-state index in [9.17, 15) is 4.79 Å². The first-order chi connectivity index (χ1) is 11.6. The predicted octanol–water partition coefficient (Wildman–Crippen LogP) is 1.11. The first-order valence-corrected chi connectivity index (χ1v) is 7.41. The molecule has 4 rings (SSSR count). The molecule has 0 saturated carbocycles. The average molecular weight is 325 g/mol. The highest BCUT2D eigenvalue weighted by Gasteiger charge is 2.35. The Morgan fingerprint density at radius 2 is 2.29 bits per heavy atom. The molecule has 9 heteroatoms. The summed E-state index contributed by atoms with van der Waals surface area (Å²) in [5, 5.41) is 17.2. The Bertz CT molecular complexity index is 961. The first kappa shape index (κ1) is 14.4. The first-order valence-electron chi connectivity index (χ1n) is 7.41. The summed E-state index contributed by atoms with van der Waals surface area (Å²) in [7, 11) is 1.57. The molecule has 0 bridgehead atoms. The van der Waals surface area contributed by atoms with Gasteiger partial charge in [-0.25, -0.2) is 14.8 Å². The maximum Gasteiger partial charge on any atom is 0.407 e. The normalized spacial score (nSPS) is 14.8. The second kappa shape index (κ2) is 5.15. The Kier molecular flexibility index (Phi) is 3.08. The number of fused-ring (bicyclic) bond motifs is 3. The fourth-order valence-electron chi connectivity index (χ4n) is 2.79. The molecule has 1 amide bonds. The van der Waals surface area contributed by atoms with Gasteiger partial charge >= 0.3 is 6.09 Å². The van der Waals surface area contributed by atoms with Crippen molar-refractivity contribution in [2.75, 3.05) is 25.0 Å². The zero-order chi connectivity index (χ0) is 16.8. The molecule has 0 unspecified atom stereocenters. The van der Waals surface area contributed by atoms with Gasteiger partial charge in [-0.15, -0.1) is 10.2 Å². The molecule has 1 fully saturated rings. The van der Waals surface area contributed by atoms with E-state index in [2.05, 4.69) is 26.7 Å². The van der Waals surface area contributed by atoms with Crippen molar-refractivity contribution in [1.29, 1.82) is 0 Å². The van der Waals surface area contributed by atoms with Gasteiger partial charge in [-0.2, -0.15) is 0 Å². The minimum Gasteiger partial charge on any atom is -0.465 e. The summed E-state index contributed by atoms with van der Waals surface area (Å²) in [5.41, 5.74) is 2.90. The van der Waals surface area contributed by atoms with Gasteiger partial charge < -0.3 is 14.9 Å². The van der Waals surface area contributed by atoms with Gasteiger partial charge in [-0.1, -0.05) is 12.7 Å². The second-order valence-electron chi connectivity index (χ2n) is 5.73. The smallest absolute Gasteiger partial charge is 0.407 e. The fourth-order valence-corrected chi connectivity index (χ4v) is 2.79. The Hall–Kier alpha value is -3.23. The molecule has 24 heavy (non-hydrogen) atoms. The summed E-state index contributed by atoms with van der Waals surface area (Å²) in [4.78, 5) is 23.3. The van der Waals surface area contributed by atoms with Crippen LogP contribution in [0.15, 0.2) is 25.2 Å². The molecule has 0 aliphatic carbocycles. The predicted molar refractivity (Wildman–Crippen MR) is 88.0 cm³/mol. The van der Waals surface area contributed by atoms with Crippen LogP contribution >= 0.6 is 0 Å². The lowest BCUT2D eigenvalue weighted by molar-refractivity contribution is 0.130. The van der Waals surface area contributed by atoms with Crippen LogP contribution in [0, 0.1) is 0 Å². The van der Waals surface area contributed by atoms with Crippen LogP contribution in [0.25, 0.3) is 22.9 Å². The molecule has 3 aromatic rings. The van der Waals surface area contributed by atoms with Gasteiger partial charge in [0.15, 0.2) is 11.5 Å². The number of hydrogen-bond donors (Lipinski definition) is 1. The lowest BCUT2D eigenvalue weighted by Crippen LogP contribution is -2.60. The van der Waals surface area contributed by atoms with Crippen LogP contribution in [0.3, 0.4) is 0 Å². The minimum absolute atomic E-state index is 0.0564. The Morgan fingerprint density at radius 1 is 1.50 bits per heavy atom. The van der Waals surface area contributed by atoms with Gasteiger partial charge in [0.25, 0.3) is 0 Å². The molecule has 1 aliphatic rings. The van der Waals surface area contributed by atoms with Gasteiger partial charge in [-0.3, -0.25) is 4.40 Å². The Labute approximate surface area is 136 Å². The largest absolute Gasteiger partial charge is 0.465 e. The zero-order valence-electron chi connectivity index (χ0n) is 13.0. The SMILES string of the molecule is C=Cc1cnc2nc(N3CC(N(C)C(=O)O)C3)c3nncn3c2c1. The number of carboxylic acid groups (broad SMARTS) is 1. The van der Waals surface area contributed by atoms with Crippen LogP contribution in [0.5, 0.6) is 0 Å². The molecule has 0 radical (unpaired) electrons. The van der Waals surface area contributed by atoms with Gasteiger partial charge in [0.2, 0.25) is 5.65 Å². The van der Waals surface area contributed by atoms with Gasteiger partial charge in [0.05, 0.1) is 11.6 Å². The number of aromatic nitrogens is 5. The summed E-state index contributed by atoms with van der Waals surface area (Å²) in [6, 6.07) is 1.87. The van der Waals surface area contributed by atoms with Crippen molar-refractivity contribution in [3.05, 3.63) is 30.7 Å². The standard InChI is InChI=1S/C15H15N7O2/c1-3-9-4-11-12(16-5-9)18-13(14-19-17-8-22(11)14)21-6-10(7-21)20(2)15(23)24/h3-5,8,10H,1,6-7H2,2H3,(H,23,24). The molecule has 9 nitrogen and oxygen atoms in total. The number of amides is 1. The van der Waals surface area contributed by atoms with Crippen LogP contribution in [0.4, 0.5) is 10.6 Å². The lowest BCUT2D eigenvalue weighted by Gasteiger charge is -2.43. The highest BCUT2D eigenvalue weighted by molar-refractivity contribution is 5.82. The number of pyridine rings is 1. The van der Waals surface area contributed by atoms with Gasteiger partial charge in [-0.05, 0) is 11.6 Å². The van der Waals surface area contributed by atoms with Crippen molar-refractivity contribution in [3.63, 3.8) is 0 Å². The molecule has 122 valence electrons. The fraction of sp³-hybridized carbons (Fsp3) is 0.267. The topological polar surface area (TPSA) is 99.8 Å². The third kappa shape index (κ3) is 2.05. The maximum absolute atomic E-state index is 11.0. The van der Waals surface area contributed by atoms with Crippen molar-refractivity contribution in [2.45, 2.75) is 6.04 Å². The molecule has 0 atom stereocenters. The second-order valence-corrected chi connectivity index (χ2v) is 5.73. The van der Waals surface area contributed by atoms with E-state index in [4.69, 9.17) is 5.11 Å². The average Bonchev–Trinajstić information content (AvgIpc) is 3.02. The highest BCUT2D eigenvalue weighted by Crippen LogP contribution is 2.27. The van der Waals surface area contributed by atoms with Gasteiger partial charge in [0, 0.05) is 26.3 Å². The van der Waals surface area contributed by atoms with E-state index >= 15 is 0 Å². The van der Waals surface area contributed by atoms with Crippen LogP contribution in [-0.4, -0.2) is 66.8 Å². The molecular formula is C15H15N7O2. The van der Waals surface area contributed by atoms with Crippen molar-refractivity contribution >= 4 is 34.8 Å². The van der Waals surface area contributed by atoms with E-state index < -0.39 is 6.09 Å². The number of likely N-dealkylation sites (N-methyl/N-ethyl adjacent to an activating group) is 1. The van der Waals surface area contributed by atoms with Crippen LogP contribution in [0.1, 0.15) is 5.56 Å². The summed E-state index contributed by atoms with van der Waals surface area (Å²) in [6.45, 7) is 4.88. The summed E-state index contributed by atoms with van der Waals surface area (Å²) >= 11 is 0. The van der Waals surface area contributed by atoms with E-state index in [-0.39, 0.29) is 6.04 Å². The Balaban J connectivity index is 1.75. The van der Waals surface area contributed by atoms with Crippen LogP contribution in [0.2, 0.25) is 0 Å². The number of anilines is 1. The molecule has 0 aromatic carbocycles. The molecule has 4 heterocycles. The molecule has 0 spiro atoms. The molecular weight excluding hydrogens is 310 g/mol. The molecule has 1 aliphatic heterocycles. The lowest BCUT2D eigenvalue weighted by atomic mass is 10.1. The van der Waals surface area contributed by atoms with E-state index in [1.54, 1.807) is 25.6 Å². The van der Waals surface area contributed by atoms with Crippen molar-refractivity contribution in [3.8, 4) is 0 Å². The van der Waals surface area contributed by atoms with E-state index in [0.717, 1.165) is 11.1 Å².